The molecule has 20 heavy (non-hydrogen) atoms. The molecular formula is C17H13FN2. The van der Waals surface area contributed by atoms with Gasteiger partial charge >= 0.3 is 0 Å². The number of hydrogen-bond donors (Lipinski definition) is 1. The quantitative estimate of drug-likeness (QED) is 0.746. The molecule has 98 valence electrons. The number of rotatable bonds is 3. The van der Waals surface area contributed by atoms with Gasteiger partial charge < -0.3 is 5.32 Å². The van der Waals surface area contributed by atoms with Crippen LogP contribution >= 0.6 is 0 Å². The Kier molecular flexibility index (Phi) is 3.42. The summed E-state index contributed by atoms with van der Waals surface area (Å²) in [7, 11) is 0. The van der Waals surface area contributed by atoms with Crippen molar-refractivity contribution in [3.63, 3.8) is 0 Å². The molecule has 2 nitrogen and oxygen atoms in total. The fraction of sp³-hybridized carbons (Fsp3) is 0. The van der Waals surface area contributed by atoms with Crippen molar-refractivity contribution in [2.75, 3.05) is 5.32 Å². The van der Waals surface area contributed by atoms with Gasteiger partial charge in [-0.25, -0.2) is 4.39 Å². The number of aromatic nitrogens is 1. The lowest BCUT2D eigenvalue weighted by Crippen LogP contribution is -1.90. The van der Waals surface area contributed by atoms with Crippen LogP contribution in [-0.4, -0.2) is 4.98 Å². The van der Waals surface area contributed by atoms with Crippen LogP contribution in [0, 0.1) is 5.82 Å². The van der Waals surface area contributed by atoms with Gasteiger partial charge in [0, 0.05) is 23.8 Å². The van der Waals surface area contributed by atoms with Gasteiger partial charge in [0.1, 0.15) is 5.82 Å². The number of hydrogen-bond acceptors (Lipinski definition) is 2. The summed E-state index contributed by atoms with van der Waals surface area (Å²) in [5.41, 5.74) is 4.05. The molecule has 0 bridgehead atoms. The number of nitrogens with zero attached hydrogens (tertiary/aromatic N) is 1. The average Bonchev–Trinajstić information content (AvgIpc) is 2.51. The molecule has 3 rings (SSSR count). The Morgan fingerprint density at radius 3 is 2.25 bits per heavy atom. The molecule has 1 aromatic heterocycles. The first-order chi connectivity index (χ1) is 9.81. The highest BCUT2D eigenvalue weighted by Crippen LogP contribution is 2.24. The van der Waals surface area contributed by atoms with Gasteiger partial charge in [-0.1, -0.05) is 12.1 Å². The van der Waals surface area contributed by atoms with Crippen molar-refractivity contribution < 1.29 is 4.39 Å². The van der Waals surface area contributed by atoms with Gasteiger partial charge in [0.2, 0.25) is 0 Å². The van der Waals surface area contributed by atoms with Crippen LogP contribution in [0.1, 0.15) is 0 Å². The Bertz CT molecular complexity index is 694. The number of halogens is 1. The Morgan fingerprint density at radius 1 is 0.750 bits per heavy atom. The summed E-state index contributed by atoms with van der Waals surface area (Å²) < 4.78 is 12.9. The largest absolute Gasteiger partial charge is 0.356 e. The highest BCUT2D eigenvalue weighted by atomic mass is 19.1. The third-order valence-corrected chi connectivity index (χ3v) is 3.01. The Morgan fingerprint density at radius 2 is 1.50 bits per heavy atom. The van der Waals surface area contributed by atoms with E-state index >= 15 is 0 Å². The first-order valence-electron chi connectivity index (χ1n) is 6.34. The smallest absolute Gasteiger partial charge is 0.123 e. The normalized spacial score (nSPS) is 10.2. The summed E-state index contributed by atoms with van der Waals surface area (Å²) in [6.45, 7) is 0. The summed E-state index contributed by atoms with van der Waals surface area (Å²) >= 11 is 0. The van der Waals surface area contributed by atoms with E-state index in [-0.39, 0.29) is 5.82 Å². The van der Waals surface area contributed by atoms with Gasteiger partial charge in [0.25, 0.3) is 0 Å². The standard InChI is InChI=1S/C17H13FN2/c18-15-4-6-16(7-5-15)20-17-3-1-2-14(12-17)13-8-10-19-11-9-13/h1-12,20H. The van der Waals surface area contributed by atoms with Crippen molar-refractivity contribution in [1.82, 2.24) is 4.98 Å². The van der Waals surface area contributed by atoms with Gasteiger partial charge in [-0.05, 0) is 59.7 Å². The minimum Gasteiger partial charge on any atom is -0.356 e. The zero-order valence-corrected chi connectivity index (χ0v) is 10.8. The van der Waals surface area contributed by atoms with Crippen LogP contribution in [0.15, 0.2) is 73.1 Å². The number of benzene rings is 2. The third-order valence-electron chi connectivity index (χ3n) is 3.01. The van der Waals surface area contributed by atoms with Crippen LogP contribution in [0.3, 0.4) is 0 Å². The second-order valence-corrected chi connectivity index (χ2v) is 4.45. The molecule has 0 aliphatic carbocycles. The van der Waals surface area contributed by atoms with Gasteiger partial charge in [-0.2, -0.15) is 0 Å². The predicted molar refractivity (Wildman–Crippen MR) is 79.4 cm³/mol. The lowest BCUT2D eigenvalue weighted by molar-refractivity contribution is 0.628. The van der Waals surface area contributed by atoms with E-state index in [0.717, 1.165) is 22.5 Å². The van der Waals surface area contributed by atoms with Crippen molar-refractivity contribution in [3.8, 4) is 11.1 Å². The topological polar surface area (TPSA) is 24.9 Å². The zero-order valence-electron chi connectivity index (χ0n) is 10.8. The molecule has 2 aromatic carbocycles. The summed E-state index contributed by atoms with van der Waals surface area (Å²) in [6.07, 6.45) is 3.55. The number of pyridine rings is 1. The maximum atomic E-state index is 12.9. The molecule has 3 heteroatoms. The highest BCUT2D eigenvalue weighted by molar-refractivity contribution is 5.70. The third kappa shape index (κ3) is 2.83. The molecule has 3 aromatic rings. The average molecular weight is 264 g/mol. The van der Waals surface area contributed by atoms with E-state index in [4.69, 9.17) is 0 Å². The molecule has 0 amide bonds. The lowest BCUT2D eigenvalue weighted by Gasteiger charge is -2.08. The monoisotopic (exact) mass is 264 g/mol. The van der Waals surface area contributed by atoms with Crippen LogP contribution in [0.4, 0.5) is 15.8 Å². The van der Waals surface area contributed by atoms with Crippen molar-refractivity contribution >= 4 is 11.4 Å². The molecule has 0 aliphatic rings. The molecule has 1 heterocycles. The maximum Gasteiger partial charge on any atom is 0.123 e. The summed E-state index contributed by atoms with van der Waals surface area (Å²) in [6, 6.07) is 18.3. The van der Waals surface area contributed by atoms with E-state index in [1.807, 2.05) is 30.3 Å². The number of nitrogens with one attached hydrogen (secondary N) is 1. The van der Waals surface area contributed by atoms with Crippen molar-refractivity contribution in [2.45, 2.75) is 0 Å². The molecule has 0 saturated heterocycles. The van der Waals surface area contributed by atoms with Crippen LogP contribution in [0.5, 0.6) is 0 Å². The van der Waals surface area contributed by atoms with Crippen molar-refractivity contribution in [2.24, 2.45) is 0 Å². The fourth-order valence-electron chi connectivity index (χ4n) is 2.02. The minimum atomic E-state index is -0.235. The zero-order chi connectivity index (χ0) is 13.8. The van der Waals surface area contributed by atoms with Crippen LogP contribution in [0.2, 0.25) is 0 Å². The Hall–Kier alpha value is -2.68. The molecule has 0 unspecified atom stereocenters. The molecule has 0 fully saturated rings. The molecule has 0 spiro atoms. The molecule has 1 N–H and O–H groups in total. The van der Waals surface area contributed by atoms with Crippen molar-refractivity contribution in [3.05, 3.63) is 78.9 Å². The summed E-state index contributed by atoms with van der Waals surface area (Å²) in [5.74, 6) is -0.235. The van der Waals surface area contributed by atoms with Crippen LogP contribution in [-0.2, 0) is 0 Å². The first kappa shape index (κ1) is 12.4. The van der Waals surface area contributed by atoms with Gasteiger partial charge in [0.15, 0.2) is 0 Å². The van der Waals surface area contributed by atoms with Crippen LogP contribution < -0.4 is 5.32 Å². The van der Waals surface area contributed by atoms with E-state index < -0.39 is 0 Å². The second kappa shape index (κ2) is 5.53. The van der Waals surface area contributed by atoms with E-state index in [9.17, 15) is 4.39 Å². The molecular weight excluding hydrogens is 251 g/mol. The second-order valence-electron chi connectivity index (χ2n) is 4.45. The van der Waals surface area contributed by atoms with Crippen molar-refractivity contribution in [1.29, 1.82) is 0 Å². The van der Waals surface area contributed by atoms with Gasteiger partial charge in [-0.15, -0.1) is 0 Å². The van der Waals surface area contributed by atoms with Gasteiger partial charge in [-0.3, -0.25) is 4.98 Å². The number of anilines is 2. The summed E-state index contributed by atoms with van der Waals surface area (Å²) in [4.78, 5) is 4.02. The lowest BCUT2D eigenvalue weighted by atomic mass is 10.1. The fourth-order valence-corrected chi connectivity index (χ4v) is 2.02. The SMILES string of the molecule is Fc1ccc(Nc2cccc(-c3ccncc3)c2)cc1. The molecule has 0 radical (unpaired) electrons. The molecule has 0 atom stereocenters. The van der Waals surface area contributed by atoms with E-state index in [2.05, 4.69) is 16.4 Å². The van der Waals surface area contributed by atoms with Crippen LogP contribution in [0.25, 0.3) is 11.1 Å². The molecule has 0 aliphatic heterocycles. The predicted octanol–water partition coefficient (Wildman–Crippen LogP) is 4.63. The van der Waals surface area contributed by atoms with E-state index in [1.165, 1.54) is 12.1 Å². The Labute approximate surface area is 116 Å². The summed E-state index contributed by atoms with van der Waals surface area (Å²) in [5, 5.41) is 3.26. The Balaban J connectivity index is 1.86. The first-order valence-corrected chi connectivity index (χ1v) is 6.34. The minimum absolute atomic E-state index is 0.235. The van der Waals surface area contributed by atoms with E-state index in [1.54, 1.807) is 24.5 Å². The van der Waals surface area contributed by atoms with E-state index in [0.29, 0.717) is 0 Å². The maximum absolute atomic E-state index is 12.9. The van der Waals surface area contributed by atoms with Gasteiger partial charge in [0.05, 0.1) is 0 Å². The highest BCUT2D eigenvalue weighted by Gasteiger charge is 2.00. The molecule has 0 saturated carbocycles.